The first-order chi connectivity index (χ1) is 11.9. The molecule has 0 saturated carbocycles. The fraction of sp³-hybridized carbons (Fsp3) is 0.316. The normalized spacial score (nSPS) is 16.6. The number of amides is 1. The molecule has 2 aromatic rings. The summed E-state index contributed by atoms with van der Waals surface area (Å²) < 4.78 is 0. The van der Waals surface area contributed by atoms with Gasteiger partial charge in [0.25, 0.3) is 0 Å². The van der Waals surface area contributed by atoms with Crippen LogP contribution in [0.2, 0.25) is 0 Å². The van der Waals surface area contributed by atoms with E-state index < -0.39 is 0 Å². The Hall–Kier alpha value is -3.07. The number of likely N-dealkylation sites (N-methyl/N-ethyl adjacent to an activating group) is 1. The van der Waals surface area contributed by atoms with Crippen LogP contribution in [-0.4, -0.2) is 30.0 Å². The number of carbonyl (C=O) groups excluding carboxylic acids is 1. The number of fused-ring (bicyclic) bond motifs is 1. The van der Waals surface area contributed by atoms with Crippen molar-refractivity contribution in [2.75, 3.05) is 22.2 Å². The number of nitrogens with one attached hydrogen (secondary N) is 1. The number of rotatable bonds is 3. The number of hydrogen-bond donors (Lipinski definition) is 1. The van der Waals surface area contributed by atoms with Crippen molar-refractivity contribution in [3.8, 4) is 6.07 Å². The van der Waals surface area contributed by atoms with Crippen LogP contribution in [0.1, 0.15) is 26.3 Å². The first-order valence-corrected chi connectivity index (χ1v) is 8.25. The lowest BCUT2D eigenvalue weighted by Gasteiger charge is -2.42. The van der Waals surface area contributed by atoms with E-state index in [9.17, 15) is 4.79 Å². The molecule has 0 saturated heterocycles. The van der Waals surface area contributed by atoms with Gasteiger partial charge in [0.05, 0.1) is 29.2 Å². The van der Waals surface area contributed by atoms with E-state index in [1.165, 1.54) is 0 Å². The molecule has 0 radical (unpaired) electrons. The fourth-order valence-electron chi connectivity index (χ4n) is 3.20. The zero-order valence-electron chi connectivity index (χ0n) is 14.8. The summed E-state index contributed by atoms with van der Waals surface area (Å²) in [5.41, 5.74) is 3.26. The molecule has 0 bridgehead atoms. The number of nitrogens with zero attached hydrogens (tertiary/aromatic N) is 4. The van der Waals surface area contributed by atoms with Gasteiger partial charge in [0.2, 0.25) is 5.91 Å². The smallest absolute Gasteiger partial charge is 0.249 e. The highest BCUT2D eigenvalue weighted by atomic mass is 16.2. The van der Waals surface area contributed by atoms with Crippen molar-refractivity contribution in [3.63, 3.8) is 0 Å². The largest absolute Gasteiger partial charge is 0.355 e. The molecule has 2 heterocycles. The Bertz CT molecular complexity index is 838. The van der Waals surface area contributed by atoms with Crippen LogP contribution >= 0.6 is 0 Å². The summed E-state index contributed by atoms with van der Waals surface area (Å²) in [6, 6.07) is 11.3. The van der Waals surface area contributed by atoms with Gasteiger partial charge in [0.15, 0.2) is 0 Å². The summed E-state index contributed by atoms with van der Waals surface area (Å²) in [7, 11) is 1.78. The zero-order chi connectivity index (χ0) is 18.1. The van der Waals surface area contributed by atoms with Gasteiger partial charge in [-0.25, -0.2) is 4.98 Å². The summed E-state index contributed by atoms with van der Waals surface area (Å²) in [4.78, 5) is 20.7. The van der Waals surface area contributed by atoms with Crippen molar-refractivity contribution in [1.29, 1.82) is 5.26 Å². The van der Waals surface area contributed by atoms with Gasteiger partial charge in [0, 0.05) is 24.8 Å². The maximum atomic E-state index is 12.5. The summed E-state index contributed by atoms with van der Waals surface area (Å²) in [6.45, 7) is 6.08. The number of carbonyl (C=O) groups is 1. The Morgan fingerprint density at radius 2 is 1.92 bits per heavy atom. The molecule has 1 amide bonds. The van der Waals surface area contributed by atoms with Gasteiger partial charge in [0.1, 0.15) is 11.9 Å². The van der Waals surface area contributed by atoms with E-state index >= 15 is 0 Å². The molecule has 0 spiro atoms. The topological polar surface area (TPSA) is 72.3 Å². The second-order valence-corrected chi connectivity index (χ2v) is 6.45. The molecule has 1 atom stereocenters. The van der Waals surface area contributed by atoms with E-state index in [0.717, 1.165) is 17.1 Å². The molecule has 3 rings (SSSR count). The summed E-state index contributed by atoms with van der Waals surface area (Å²) >= 11 is 0. The van der Waals surface area contributed by atoms with Crippen LogP contribution in [0.5, 0.6) is 0 Å². The van der Waals surface area contributed by atoms with Gasteiger partial charge in [-0.2, -0.15) is 5.26 Å². The fourth-order valence-corrected chi connectivity index (χ4v) is 3.20. The average Bonchev–Trinajstić information content (AvgIpc) is 2.60. The Balaban J connectivity index is 1.97. The lowest BCUT2D eigenvalue weighted by molar-refractivity contribution is -0.119. The maximum Gasteiger partial charge on any atom is 0.249 e. The molecule has 6 heteroatoms. The maximum absolute atomic E-state index is 12.5. The molecule has 1 aromatic heterocycles. The molecule has 1 N–H and O–H groups in total. The minimum Gasteiger partial charge on any atom is -0.355 e. The van der Waals surface area contributed by atoms with Crippen molar-refractivity contribution in [1.82, 2.24) is 4.98 Å². The van der Waals surface area contributed by atoms with Crippen molar-refractivity contribution in [2.45, 2.75) is 32.9 Å². The third-order valence-electron chi connectivity index (χ3n) is 4.45. The van der Waals surface area contributed by atoms with E-state index in [-0.39, 0.29) is 18.0 Å². The molecular formula is C19H21N5O. The highest BCUT2D eigenvalue weighted by Crippen LogP contribution is 2.37. The van der Waals surface area contributed by atoms with Crippen molar-refractivity contribution in [3.05, 3.63) is 42.1 Å². The third kappa shape index (κ3) is 3.01. The molecule has 6 nitrogen and oxygen atoms in total. The van der Waals surface area contributed by atoms with Gasteiger partial charge in [-0.05, 0) is 45.0 Å². The van der Waals surface area contributed by atoms with E-state index in [1.54, 1.807) is 30.3 Å². The van der Waals surface area contributed by atoms with Gasteiger partial charge >= 0.3 is 0 Å². The number of anilines is 4. The zero-order valence-corrected chi connectivity index (χ0v) is 14.8. The Morgan fingerprint density at radius 1 is 1.24 bits per heavy atom. The molecule has 1 aromatic carbocycles. The first-order valence-electron chi connectivity index (χ1n) is 8.25. The van der Waals surface area contributed by atoms with E-state index in [1.807, 2.05) is 25.1 Å². The van der Waals surface area contributed by atoms with Crippen LogP contribution in [0.15, 0.2) is 36.5 Å². The number of hydrogen-bond acceptors (Lipinski definition) is 5. The van der Waals surface area contributed by atoms with Crippen LogP contribution in [-0.2, 0) is 4.79 Å². The van der Waals surface area contributed by atoms with Crippen LogP contribution in [0.4, 0.5) is 22.9 Å². The van der Waals surface area contributed by atoms with Crippen molar-refractivity contribution in [2.24, 2.45) is 0 Å². The second-order valence-electron chi connectivity index (χ2n) is 6.45. The molecule has 128 valence electrons. The minimum atomic E-state index is -0.220. The summed E-state index contributed by atoms with van der Waals surface area (Å²) in [5.74, 6) is 0.764. The molecule has 25 heavy (non-hydrogen) atoms. The highest BCUT2D eigenvalue weighted by Gasteiger charge is 2.35. The van der Waals surface area contributed by atoms with Gasteiger partial charge in [-0.3, -0.25) is 4.79 Å². The Kier molecular flexibility index (Phi) is 4.32. The first kappa shape index (κ1) is 16.8. The Labute approximate surface area is 147 Å². The van der Waals surface area contributed by atoms with E-state index in [4.69, 9.17) is 5.26 Å². The number of pyridine rings is 1. The summed E-state index contributed by atoms with van der Waals surface area (Å²) in [5, 5.41) is 12.1. The standard InChI is InChI=1S/C19H21N5O/c1-12(2)24-13(3)19(25)23(4)17-11-21-18(9-16(17)24)22-15-7-5-14(10-20)6-8-15/h5-9,11-13H,1-4H3,(H,21,22). The SMILES string of the molecule is CC(C)N1c2cc(Nc3ccc(C#N)cc3)ncc2N(C)C(=O)C1C. The number of nitriles is 1. The molecule has 1 aliphatic rings. The van der Waals surface area contributed by atoms with Gasteiger partial charge < -0.3 is 15.1 Å². The van der Waals surface area contributed by atoms with Crippen LogP contribution in [0.25, 0.3) is 0 Å². The Morgan fingerprint density at radius 3 is 2.52 bits per heavy atom. The molecular weight excluding hydrogens is 314 g/mol. The van der Waals surface area contributed by atoms with Crippen molar-refractivity contribution >= 4 is 28.8 Å². The average molecular weight is 335 g/mol. The van der Waals surface area contributed by atoms with Crippen molar-refractivity contribution < 1.29 is 4.79 Å². The van der Waals surface area contributed by atoms with Gasteiger partial charge in [-0.15, -0.1) is 0 Å². The second kappa shape index (κ2) is 6.44. The molecule has 1 unspecified atom stereocenters. The summed E-state index contributed by atoms with van der Waals surface area (Å²) in [6.07, 6.45) is 1.72. The quantitative estimate of drug-likeness (QED) is 0.932. The third-order valence-corrected chi connectivity index (χ3v) is 4.45. The molecule has 0 fully saturated rings. The molecule has 1 aliphatic heterocycles. The van der Waals surface area contributed by atoms with E-state index in [2.05, 4.69) is 35.1 Å². The monoisotopic (exact) mass is 335 g/mol. The predicted molar refractivity (Wildman–Crippen MR) is 99.2 cm³/mol. The lowest BCUT2D eigenvalue weighted by Crippen LogP contribution is -2.53. The molecule has 0 aliphatic carbocycles. The van der Waals surface area contributed by atoms with Crippen LogP contribution in [0, 0.1) is 11.3 Å². The van der Waals surface area contributed by atoms with Crippen LogP contribution < -0.4 is 15.1 Å². The van der Waals surface area contributed by atoms with E-state index in [0.29, 0.717) is 11.4 Å². The van der Waals surface area contributed by atoms with Crippen LogP contribution in [0.3, 0.4) is 0 Å². The number of benzene rings is 1. The lowest BCUT2D eigenvalue weighted by atomic mass is 10.1. The van der Waals surface area contributed by atoms with Gasteiger partial charge in [-0.1, -0.05) is 0 Å². The highest BCUT2D eigenvalue weighted by molar-refractivity contribution is 6.05. The predicted octanol–water partition coefficient (Wildman–Crippen LogP) is 3.28. The minimum absolute atomic E-state index is 0.0656. The number of aromatic nitrogens is 1.